The number of ether oxygens (including phenoxy) is 5. The van der Waals surface area contributed by atoms with Gasteiger partial charge in [0.2, 0.25) is 5.60 Å². The second kappa shape index (κ2) is 84.4. The Hall–Kier alpha value is -2.65. The Morgan fingerprint density at radius 3 is 0.625 bits per heavy atom. The van der Waals surface area contributed by atoms with Crippen molar-refractivity contribution in [3.05, 3.63) is 0 Å². The lowest BCUT2D eigenvalue weighted by Crippen LogP contribution is -2.48. The number of esters is 5. The van der Waals surface area contributed by atoms with Gasteiger partial charge in [0.1, 0.15) is 0 Å². The molecule has 0 aliphatic rings. The molecule has 0 aliphatic carbocycles. The predicted molar refractivity (Wildman–Crippen MR) is 447 cm³/mol. The standard InChI is InChI=1S/C70H134O8.C24H48O2/c1-8-9-10-11-12-13-14-15-22-29-36-43-50-57-66(71)78-70(69(74)77-60-53-46-39-32-25-18-21-28-35-42-49-56-65(6)7,61-67(72)75-58-51-44-37-30-23-16-19-26-33-40-47-54-63(2)3)62-68(73)76-59-52-45-38-31-24-17-20-27-34-41-48-55-64(4)5;1-3-5-7-9-10-11-12-13-14-15-16-17-19-21-23-26-24(25)22-20-18-8-6-4-2/h63-65H,8-62H2,1-7H3;3-23H2,1-2H3. The van der Waals surface area contributed by atoms with Gasteiger partial charge in [0.25, 0.3) is 0 Å². The maximum atomic E-state index is 14.3. The van der Waals surface area contributed by atoms with Crippen molar-refractivity contribution in [2.45, 2.75) is 530 Å². The molecule has 10 heteroatoms. The summed E-state index contributed by atoms with van der Waals surface area (Å²) in [7, 11) is 0. The van der Waals surface area contributed by atoms with E-state index in [-0.39, 0.29) is 32.2 Å². The van der Waals surface area contributed by atoms with Crippen LogP contribution in [0.5, 0.6) is 0 Å². The zero-order chi connectivity index (χ0) is 76.4. The van der Waals surface area contributed by atoms with Gasteiger partial charge in [0.05, 0.1) is 39.3 Å². The lowest BCUT2D eigenvalue weighted by atomic mass is 9.94. The molecule has 0 aromatic carbocycles. The molecular weight excluding hydrogens is 1290 g/mol. The molecule has 0 aliphatic heterocycles. The lowest BCUT2D eigenvalue weighted by molar-refractivity contribution is -0.191. The Labute approximate surface area is 648 Å². The zero-order valence-electron chi connectivity index (χ0n) is 71.6. The highest BCUT2D eigenvalue weighted by molar-refractivity contribution is 5.92. The van der Waals surface area contributed by atoms with E-state index in [1.54, 1.807) is 0 Å². The summed E-state index contributed by atoms with van der Waals surface area (Å²) in [6, 6.07) is 0. The van der Waals surface area contributed by atoms with Crippen molar-refractivity contribution < 1.29 is 47.7 Å². The maximum Gasteiger partial charge on any atom is 0.351 e. The van der Waals surface area contributed by atoms with Gasteiger partial charge in [0, 0.05) is 12.8 Å². The van der Waals surface area contributed by atoms with E-state index in [0.29, 0.717) is 25.9 Å². The second-order valence-electron chi connectivity index (χ2n) is 33.6. The second-order valence-corrected chi connectivity index (χ2v) is 33.6. The first-order chi connectivity index (χ1) is 50.7. The van der Waals surface area contributed by atoms with Gasteiger partial charge in [-0.1, -0.05) is 460 Å². The van der Waals surface area contributed by atoms with E-state index >= 15 is 0 Å². The fraction of sp³-hybridized carbons (Fsp3) is 0.947. The van der Waals surface area contributed by atoms with Crippen LogP contribution in [0.2, 0.25) is 0 Å². The van der Waals surface area contributed by atoms with E-state index in [1.807, 2.05) is 0 Å². The largest absolute Gasteiger partial charge is 0.466 e. The van der Waals surface area contributed by atoms with Crippen LogP contribution in [0, 0.1) is 17.8 Å². The van der Waals surface area contributed by atoms with Crippen molar-refractivity contribution in [1.29, 1.82) is 0 Å². The zero-order valence-corrected chi connectivity index (χ0v) is 71.6. The van der Waals surface area contributed by atoms with E-state index in [9.17, 15) is 24.0 Å². The Balaban J connectivity index is 0. The fourth-order valence-electron chi connectivity index (χ4n) is 14.3. The third-order valence-corrected chi connectivity index (χ3v) is 21.3. The Morgan fingerprint density at radius 2 is 0.394 bits per heavy atom. The van der Waals surface area contributed by atoms with Gasteiger partial charge in [-0.05, 0) is 56.3 Å². The summed E-state index contributed by atoms with van der Waals surface area (Å²) in [6.07, 6.45) is 83.1. The van der Waals surface area contributed by atoms with E-state index < -0.39 is 42.3 Å². The molecule has 0 atom stereocenters. The highest BCUT2D eigenvalue weighted by Gasteiger charge is 2.49. The van der Waals surface area contributed by atoms with Gasteiger partial charge in [-0.15, -0.1) is 0 Å². The normalized spacial score (nSPS) is 11.6. The van der Waals surface area contributed by atoms with Crippen molar-refractivity contribution >= 4 is 29.8 Å². The predicted octanol–water partition coefficient (Wildman–Crippen LogP) is 30.5. The van der Waals surface area contributed by atoms with Gasteiger partial charge in [-0.2, -0.15) is 0 Å². The summed E-state index contributed by atoms with van der Waals surface area (Å²) in [5.74, 6) is -0.362. The van der Waals surface area contributed by atoms with Gasteiger partial charge in [-0.3, -0.25) is 19.2 Å². The molecule has 0 saturated carbocycles. The Bertz CT molecular complexity index is 1730. The number of hydrogen-bond acceptors (Lipinski definition) is 10. The molecule has 0 fully saturated rings. The molecule has 10 nitrogen and oxygen atoms in total. The Kier molecular flexibility index (Phi) is 83.9. The third kappa shape index (κ3) is 81.9. The lowest BCUT2D eigenvalue weighted by Gasteiger charge is -2.30. The molecule has 0 unspecified atom stereocenters. The van der Waals surface area contributed by atoms with Crippen LogP contribution in [0.3, 0.4) is 0 Å². The smallest absolute Gasteiger partial charge is 0.351 e. The minimum Gasteiger partial charge on any atom is -0.466 e. The molecule has 618 valence electrons. The summed E-state index contributed by atoms with van der Waals surface area (Å²) in [5, 5.41) is 0. The van der Waals surface area contributed by atoms with Crippen LogP contribution < -0.4 is 0 Å². The van der Waals surface area contributed by atoms with Gasteiger partial charge in [-0.25, -0.2) is 4.79 Å². The van der Waals surface area contributed by atoms with Crippen LogP contribution in [0.1, 0.15) is 525 Å². The quantitative estimate of drug-likeness (QED) is 0.0329. The molecule has 104 heavy (non-hydrogen) atoms. The molecular formula is C94H182O10. The van der Waals surface area contributed by atoms with E-state index in [1.165, 1.54) is 334 Å². The van der Waals surface area contributed by atoms with Crippen LogP contribution in [0.15, 0.2) is 0 Å². The van der Waals surface area contributed by atoms with Crippen LogP contribution in [0.25, 0.3) is 0 Å². The van der Waals surface area contributed by atoms with E-state index in [4.69, 9.17) is 23.7 Å². The summed E-state index contributed by atoms with van der Waals surface area (Å²) < 4.78 is 28.7. The summed E-state index contributed by atoms with van der Waals surface area (Å²) in [4.78, 5) is 67.0. The molecule has 0 heterocycles. The highest BCUT2D eigenvalue weighted by atomic mass is 16.6. The van der Waals surface area contributed by atoms with Gasteiger partial charge >= 0.3 is 29.8 Å². The monoisotopic (exact) mass is 1470 g/mol. The first-order valence-electron chi connectivity index (χ1n) is 46.6. The van der Waals surface area contributed by atoms with E-state index in [2.05, 4.69) is 62.3 Å². The Morgan fingerprint density at radius 1 is 0.212 bits per heavy atom. The van der Waals surface area contributed by atoms with Crippen molar-refractivity contribution in [2.24, 2.45) is 17.8 Å². The number of unbranched alkanes of at least 4 members (excludes halogenated alkanes) is 59. The number of rotatable bonds is 83. The first-order valence-corrected chi connectivity index (χ1v) is 46.6. The van der Waals surface area contributed by atoms with Crippen LogP contribution in [-0.2, 0) is 47.7 Å². The topological polar surface area (TPSA) is 132 Å². The molecule has 0 rings (SSSR count). The molecule has 0 spiro atoms. The molecule has 0 radical (unpaired) electrons. The van der Waals surface area contributed by atoms with Crippen LogP contribution >= 0.6 is 0 Å². The third-order valence-electron chi connectivity index (χ3n) is 21.3. The molecule has 0 bridgehead atoms. The maximum absolute atomic E-state index is 14.3. The summed E-state index contributed by atoms with van der Waals surface area (Å²) >= 11 is 0. The summed E-state index contributed by atoms with van der Waals surface area (Å²) in [6.45, 7) is 21.8. The van der Waals surface area contributed by atoms with E-state index in [0.717, 1.165) is 108 Å². The fourth-order valence-corrected chi connectivity index (χ4v) is 14.3. The minimum absolute atomic E-state index is 0.0104. The van der Waals surface area contributed by atoms with Crippen molar-refractivity contribution in [3.8, 4) is 0 Å². The van der Waals surface area contributed by atoms with Crippen molar-refractivity contribution in [1.82, 2.24) is 0 Å². The molecule has 0 aromatic heterocycles. The summed E-state index contributed by atoms with van der Waals surface area (Å²) in [5.41, 5.74) is -2.14. The molecule has 0 saturated heterocycles. The SMILES string of the molecule is CCCCCCCCCCCCCCCC(=O)OC(CC(=O)OCCCCCCCCCCCCCC(C)C)(CC(=O)OCCCCCCCCCCCCCC(C)C)C(=O)OCCCCCCCCCCCCCC(C)C.CCCCCCCCCCCCCCCCOC(=O)CCCCCCC. The first kappa shape index (κ1) is 103. The molecule has 0 N–H and O–H groups in total. The number of carbonyl (C=O) groups is 5. The van der Waals surface area contributed by atoms with Gasteiger partial charge < -0.3 is 23.7 Å². The minimum atomic E-state index is -2.14. The van der Waals surface area contributed by atoms with Crippen LogP contribution in [0.4, 0.5) is 0 Å². The molecule has 0 amide bonds. The van der Waals surface area contributed by atoms with Crippen molar-refractivity contribution in [2.75, 3.05) is 26.4 Å². The number of carbonyl (C=O) groups excluding carboxylic acids is 5. The van der Waals surface area contributed by atoms with Crippen molar-refractivity contribution in [3.63, 3.8) is 0 Å². The van der Waals surface area contributed by atoms with Crippen LogP contribution in [-0.4, -0.2) is 61.9 Å². The number of hydrogen-bond donors (Lipinski definition) is 0. The van der Waals surface area contributed by atoms with Gasteiger partial charge in [0.15, 0.2) is 0 Å². The highest BCUT2D eigenvalue weighted by Crippen LogP contribution is 2.28. The average Bonchev–Trinajstić information content (AvgIpc) is 0.813. The average molecular weight is 1470 g/mol. The molecule has 0 aromatic rings.